The molecule has 2 aliphatic rings. The standard InChI is InChI=1S/C22H31N5O2S2/c1-27-10-8-17(14-27)7-9-23-21(28)26-22-25-13-20(31-22)30-15-19-24-12-18(29-19)11-16-5-3-2-4-6-16/h12-14,16H,2-11,15H2,1H3,(H2,23,25,26,28). The van der Waals surface area contributed by atoms with E-state index in [0.29, 0.717) is 17.4 Å². The number of thioether (sulfide) groups is 1. The maximum absolute atomic E-state index is 12.1. The number of nitrogens with zero attached hydrogens (tertiary/aromatic N) is 3. The molecule has 9 heteroatoms. The van der Waals surface area contributed by atoms with Crippen molar-refractivity contribution in [2.75, 3.05) is 25.5 Å². The van der Waals surface area contributed by atoms with Gasteiger partial charge in [0.25, 0.3) is 0 Å². The van der Waals surface area contributed by atoms with Crippen LogP contribution < -0.4 is 10.6 Å². The highest BCUT2D eigenvalue weighted by Crippen LogP contribution is 2.31. The van der Waals surface area contributed by atoms with E-state index in [4.69, 9.17) is 4.42 Å². The minimum atomic E-state index is -0.210. The van der Waals surface area contributed by atoms with Gasteiger partial charge in [-0.3, -0.25) is 5.32 Å². The van der Waals surface area contributed by atoms with Gasteiger partial charge in [0.05, 0.1) is 22.4 Å². The lowest BCUT2D eigenvalue weighted by atomic mass is 9.86. The summed E-state index contributed by atoms with van der Waals surface area (Å²) in [6, 6.07) is -0.210. The van der Waals surface area contributed by atoms with Crippen molar-refractivity contribution in [1.29, 1.82) is 0 Å². The molecule has 31 heavy (non-hydrogen) atoms. The third-order valence-electron chi connectivity index (χ3n) is 5.78. The first-order valence-corrected chi connectivity index (χ1v) is 12.9. The Morgan fingerprint density at radius 3 is 2.97 bits per heavy atom. The molecule has 1 aliphatic heterocycles. The highest BCUT2D eigenvalue weighted by Gasteiger charge is 2.16. The van der Waals surface area contributed by atoms with Gasteiger partial charge in [-0.25, -0.2) is 14.8 Å². The van der Waals surface area contributed by atoms with Gasteiger partial charge in [0.15, 0.2) is 5.13 Å². The molecular weight excluding hydrogens is 430 g/mol. The van der Waals surface area contributed by atoms with E-state index in [0.717, 1.165) is 47.6 Å². The summed E-state index contributed by atoms with van der Waals surface area (Å²) in [5, 5.41) is 6.32. The largest absolute Gasteiger partial charge is 0.445 e. The number of rotatable bonds is 9. The molecule has 0 aromatic carbocycles. The summed E-state index contributed by atoms with van der Waals surface area (Å²) in [6.45, 7) is 1.70. The Balaban J connectivity index is 1.16. The second kappa shape index (κ2) is 11.0. The first-order valence-electron chi connectivity index (χ1n) is 11.1. The molecule has 3 heterocycles. The van der Waals surface area contributed by atoms with E-state index in [9.17, 15) is 4.79 Å². The third-order valence-corrected chi connectivity index (χ3v) is 7.87. The minimum absolute atomic E-state index is 0.210. The predicted octanol–water partition coefficient (Wildman–Crippen LogP) is 5.28. The summed E-state index contributed by atoms with van der Waals surface area (Å²) in [6.07, 6.45) is 15.5. The molecule has 0 bridgehead atoms. The molecule has 168 valence electrons. The molecule has 2 N–H and O–H groups in total. The van der Waals surface area contributed by atoms with Crippen molar-refractivity contribution in [3.05, 3.63) is 35.8 Å². The van der Waals surface area contributed by atoms with Crippen LogP contribution in [0.2, 0.25) is 0 Å². The molecule has 2 amide bonds. The van der Waals surface area contributed by atoms with Crippen LogP contribution in [-0.2, 0) is 12.2 Å². The topological polar surface area (TPSA) is 83.3 Å². The van der Waals surface area contributed by atoms with Crippen molar-refractivity contribution in [1.82, 2.24) is 20.2 Å². The minimum Gasteiger partial charge on any atom is -0.445 e. The zero-order valence-corrected chi connectivity index (χ0v) is 19.7. The Hall–Kier alpha value is -2.00. The lowest BCUT2D eigenvalue weighted by Crippen LogP contribution is -2.29. The Bertz CT molecular complexity index is 888. The summed E-state index contributed by atoms with van der Waals surface area (Å²) < 4.78 is 6.97. The maximum Gasteiger partial charge on any atom is 0.321 e. The van der Waals surface area contributed by atoms with Crippen molar-refractivity contribution in [3.8, 4) is 0 Å². The molecule has 0 radical (unpaired) electrons. The number of urea groups is 1. The van der Waals surface area contributed by atoms with E-state index >= 15 is 0 Å². The number of oxazole rings is 1. The molecule has 7 nitrogen and oxygen atoms in total. The number of thiazole rings is 1. The molecular formula is C22H31N5O2S2. The average Bonchev–Trinajstić information content (AvgIpc) is 3.49. The van der Waals surface area contributed by atoms with Gasteiger partial charge >= 0.3 is 6.03 Å². The van der Waals surface area contributed by atoms with E-state index in [1.807, 2.05) is 6.20 Å². The van der Waals surface area contributed by atoms with Crippen molar-refractivity contribution in [2.45, 2.75) is 61.3 Å². The van der Waals surface area contributed by atoms with Crippen molar-refractivity contribution in [3.63, 3.8) is 0 Å². The first-order chi connectivity index (χ1) is 15.1. The highest BCUT2D eigenvalue weighted by molar-refractivity contribution is 8.00. The third kappa shape index (κ3) is 7.00. The molecule has 2 aromatic heterocycles. The van der Waals surface area contributed by atoms with Crippen LogP contribution in [0.3, 0.4) is 0 Å². The smallest absolute Gasteiger partial charge is 0.321 e. The lowest BCUT2D eigenvalue weighted by Gasteiger charge is -2.19. The average molecular weight is 462 g/mol. The van der Waals surface area contributed by atoms with E-state index in [1.165, 1.54) is 49.0 Å². The number of nitrogens with one attached hydrogen (secondary N) is 2. The predicted molar refractivity (Wildman–Crippen MR) is 125 cm³/mol. The van der Waals surface area contributed by atoms with Crippen LogP contribution in [-0.4, -0.2) is 41.0 Å². The lowest BCUT2D eigenvalue weighted by molar-refractivity contribution is 0.252. The van der Waals surface area contributed by atoms with Gasteiger partial charge in [0.2, 0.25) is 5.89 Å². The van der Waals surface area contributed by atoms with E-state index in [1.54, 1.807) is 18.0 Å². The molecule has 1 saturated carbocycles. The van der Waals surface area contributed by atoms with E-state index < -0.39 is 0 Å². The van der Waals surface area contributed by atoms with Crippen LogP contribution in [0.4, 0.5) is 9.93 Å². The quantitative estimate of drug-likeness (QED) is 0.495. The molecule has 0 spiro atoms. The van der Waals surface area contributed by atoms with Crippen LogP contribution in [0.15, 0.2) is 32.8 Å². The van der Waals surface area contributed by atoms with Crippen LogP contribution in [0, 0.1) is 5.92 Å². The van der Waals surface area contributed by atoms with E-state index in [2.05, 4.69) is 38.7 Å². The number of carbonyl (C=O) groups excluding carboxylic acids is 1. The monoisotopic (exact) mass is 461 g/mol. The Morgan fingerprint density at radius 1 is 1.29 bits per heavy atom. The molecule has 4 rings (SSSR count). The van der Waals surface area contributed by atoms with Crippen LogP contribution >= 0.6 is 23.1 Å². The van der Waals surface area contributed by atoms with Crippen molar-refractivity contribution in [2.24, 2.45) is 5.92 Å². The summed E-state index contributed by atoms with van der Waals surface area (Å²) in [4.78, 5) is 23.0. The molecule has 2 aromatic rings. The summed E-state index contributed by atoms with van der Waals surface area (Å²) in [5.74, 6) is 3.18. The van der Waals surface area contributed by atoms with Crippen molar-refractivity contribution >= 4 is 34.3 Å². The Kier molecular flexibility index (Phi) is 7.91. The number of hydrogen-bond donors (Lipinski definition) is 2. The zero-order valence-electron chi connectivity index (χ0n) is 18.1. The summed E-state index contributed by atoms with van der Waals surface area (Å²) >= 11 is 3.10. The Morgan fingerprint density at radius 2 is 2.16 bits per heavy atom. The molecule has 1 aliphatic carbocycles. The van der Waals surface area contributed by atoms with Gasteiger partial charge in [-0.15, -0.1) is 11.8 Å². The number of carbonyl (C=O) groups is 1. The fourth-order valence-corrected chi connectivity index (χ4v) is 5.85. The van der Waals surface area contributed by atoms with Gasteiger partial charge < -0.3 is 14.6 Å². The highest BCUT2D eigenvalue weighted by atomic mass is 32.2. The zero-order chi connectivity index (χ0) is 21.5. The molecule has 1 fully saturated rings. The molecule has 0 saturated heterocycles. The summed E-state index contributed by atoms with van der Waals surface area (Å²) in [5.41, 5.74) is 1.38. The van der Waals surface area contributed by atoms with Gasteiger partial charge in [0, 0.05) is 26.6 Å². The van der Waals surface area contributed by atoms with Gasteiger partial charge in [-0.2, -0.15) is 0 Å². The molecule has 0 unspecified atom stereocenters. The van der Waals surface area contributed by atoms with Crippen molar-refractivity contribution < 1.29 is 9.21 Å². The molecule has 0 atom stereocenters. The number of aromatic nitrogens is 2. The van der Waals surface area contributed by atoms with Crippen LogP contribution in [0.25, 0.3) is 0 Å². The Labute approximate surface area is 192 Å². The van der Waals surface area contributed by atoms with Gasteiger partial charge in [-0.1, -0.05) is 49.0 Å². The SMILES string of the molecule is CN1C=C(CCNC(=O)Nc2ncc(SCc3ncc(CC4CCCCC4)o3)s2)CC1. The fraction of sp³-hybridized carbons (Fsp3) is 0.591. The second-order valence-electron chi connectivity index (χ2n) is 8.35. The normalized spacial score (nSPS) is 17.1. The first kappa shape index (κ1) is 22.2. The second-order valence-corrected chi connectivity index (χ2v) is 10.7. The number of hydrogen-bond acceptors (Lipinski definition) is 7. The van der Waals surface area contributed by atoms with Crippen LogP contribution in [0.5, 0.6) is 0 Å². The fourth-order valence-electron chi connectivity index (χ4n) is 4.13. The van der Waals surface area contributed by atoms with E-state index in [-0.39, 0.29) is 6.03 Å². The van der Waals surface area contributed by atoms with Gasteiger partial charge in [-0.05, 0) is 25.0 Å². The summed E-state index contributed by atoms with van der Waals surface area (Å²) in [7, 11) is 2.07. The maximum atomic E-state index is 12.1. The van der Waals surface area contributed by atoms with Gasteiger partial charge in [0.1, 0.15) is 5.76 Å². The number of anilines is 1. The number of amides is 2. The van der Waals surface area contributed by atoms with Crippen LogP contribution in [0.1, 0.15) is 56.6 Å².